The Morgan fingerprint density at radius 2 is 1.75 bits per heavy atom. The fourth-order valence-corrected chi connectivity index (χ4v) is 4.81. The highest BCUT2D eigenvalue weighted by molar-refractivity contribution is 7.89. The molecule has 3 aromatic rings. The molecule has 0 aliphatic heterocycles. The lowest BCUT2D eigenvalue weighted by atomic mass is 10.0. The van der Waals surface area contributed by atoms with E-state index in [1.165, 1.54) is 50.1 Å². The van der Waals surface area contributed by atoms with E-state index in [0.29, 0.717) is 5.52 Å². The van der Waals surface area contributed by atoms with Crippen LogP contribution in [0.4, 0.5) is 5.69 Å². The molecule has 13 heteroatoms. The lowest BCUT2D eigenvalue weighted by molar-refractivity contribution is -0.254. The van der Waals surface area contributed by atoms with Gasteiger partial charge in [-0.1, -0.05) is 13.8 Å². The standard InChI is InChI=1S/C23H27N3O9S/c1-12(2)8-16(21(27)24-15-11-20(34-5)19(33-4)10-14(15)22(28)29)25-36(31,32)13-6-7-17-18(9-13)35-23(30)26(17)3/h6-7,9-12,16,25H,8H2,1-5H3,(H,24,27)(H,28,29)/p-1. The number of benzene rings is 2. The molecule has 0 aliphatic rings. The van der Waals surface area contributed by atoms with Gasteiger partial charge in [0.25, 0.3) is 0 Å². The third-order valence-electron chi connectivity index (χ3n) is 5.40. The van der Waals surface area contributed by atoms with E-state index in [9.17, 15) is 27.9 Å². The Kier molecular flexibility index (Phi) is 7.74. The average Bonchev–Trinajstić information content (AvgIpc) is 3.10. The molecule has 0 spiro atoms. The summed E-state index contributed by atoms with van der Waals surface area (Å²) in [5.74, 6) is -2.87. The summed E-state index contributed by atoms with van der Waals surface area (Å²) >= 11 is 0. The normalized spacial score (nSPS) is 12.5. The van der Waals surface area contributed by atoms with Crippen LogP contribution in [0.2, 0.25) is 0 Å². The molecule has 0 aliphatic carbocycles. The van der Waals surface area contributed by atoms with Gasteiger partial charge in [0.2, 0.25) is 15.9 Å². The van der Waals surface area contributed by atoms with Gasteiger partial charge in [-0.05, 0) is 30.5 Å². The molecule has 1 aromatic heterocycles. The van der Waals surface area contributed by atoms with E-state index in [0.717, 1.165) is 6.07 Å². The number of carboxylic acid groups (broad SMARTS) is 1. The van der Waals surface area contributed by atoms with Gasteiger partial charge in [0, 0.05) is 24.7 Å². The summed E-state index contributed by atoms with van der Waals surface area (Å²) in [7, 11) is -0.101. The molecule has 0 fully saturated rings. The monoisotopic (exact) mass is 520 g/mol. The summed E-state index contributed by atoms with van der Waals surface area (Å²) in [4.78, 5) is 36.3. The first-order valence-corrected chi connectivity index (χ1v) is 12.3. The number of aromatic nitrogens is 1. The minimum absolute atomic E-state index is 0.0687. The summed E-state index contributed by atoms with van der Waals surface area (Å²) in [5.41, 5.74) is -0.0624. The van der Waals surface area contributed by atoms with Gasteiger partial charge in [0.1, 0.15) is 6.04 Å². The molecular weight excluding hydrogens is 494 g/mol. The van der Waals surface area contributed by atoms with Crippen LogP contribution in [0.15, 0.2) is 44.4 Å². The van der Waals surface area contributed by atoms with Gasteiger partial charge in [0.05, 0.1) is 36.3 Å². The van der Waals surface area contributed by atoms with Crippen molar-refractivity contribution in [3.8, 4) is 11.5 Å². The second kappa shape index (κ2) is 10.4. The lowest BCUT2D eigenvalue weighted by Crippen LogP contribution is -2.44. The van der Waals surface area contributed by atoms with E-state index in [1.807, 2.05) is 0 Å². The molecule has 0 saturated carbocycles. The molecule has 0 bridgehead atoms. The average molecular weight is 521 g/mol. The van der Waals surface area contributed by atoms with Crippen LogP contribution in [-0.4, -0.2) is 45.1 Å². The van der Waals surface area contributed by atoms with Crippen molar-refractivity contribution >= 4 is 38.7 Å². The van der Waals surface area contributed by atoms with Crippen molar-refractivity contribution in [2.45, 2.75) is 31.2 Å². The van der Waals surface area contributed by atoms with E-state index in [1.54, 1.807) is 13.8 Å². The number of aromatic carboxylic acids is 1. The fraction of sp³-hybridized carbons (Fsp3) is 0.348. The predicted molar refractivity (Wildman–Crippen MR) is 128 cm³/mol. The van der Waals surface area contributed by atoms with Crippen LogP contribution in [-0.2, 0) is 21.9 Å². The number of methoxy groups -OCH3 is 2. The summed E-state index contributed by atoms with van der Waals surface area (Å²) in [6, 6.07) is 5.00. The number of carbonyl (C=O) groups excluding carboxylic acids is 2. The van der Waals surface area contributed by atoms with Crippen LogP contribution in [0, 0.1) is 5.92 Å². The number of aryl methyl sites for hydroxylation is 1. The maximum Gasteiger partial charge on any atom is 0.419 e. The topological polar surface area (TPSA) is 169 Å². The number of sulfonamides is 1. The predicted octanol–water partition coefficient (Wildman–Crippen LogP) is 0.844. The van der Waals surface area contributed by atoms with Crippen molar-refractivity contribution in [3.05, 3.63) is 46.4 Å². The number of nitrogens with one attached hydrogen (secondary N) is 2. The molecule has 0 saturated heterocycles. The molecule has 194 valence electrons. The van der Waals surface area contributed by atoms with Gasteiger partial charge >= 0.3 is 5.76 Å². The third kappa shape index (κ3) is 5.52. The Labute approximate surface area is 206 Å². The fourth-order valence-electron chi connectivity index (χ4n) is 3.59. The molecule has 2 N–H and O–H groups in total. The molecule has 1 unspecified atom stereocenters. The zero-order valence-electron chi connectivity index (χ0n) is 20.3. The first kappa shape index (κ1) is 26.8. The minimum atomic E-state index is -4.24. The summed E-state index contributed by atoms with van der Waals surface area (Å²) < 4.78 is 45.1. The van der Waals surface area contributed by atoms with Crippen molar-refractivity contribution < 1.29 is 37.0 Å². The number of carbonyl (C=O) groups is 2. The van der Waals surface area contributed by atoms with Crippen LogP contribution < -0.4 is 30.4 Å². The highest BCUT2D eigenvalue weighted by Gasteiger charge is 2.28. The number of oxazole rings is 1. The van der Waals surface area contributed by atoms with Gasteiger partial charge in [-0.25, -0.2) is 13.2 Å². The van der Waals surface area contributed by atoms with Crippen LogP contribution in [0.5, 0.6) is 11.5 Å². The second-order valence-corrected chi connectivity index (χ2v) is 10.1. The Morgan fingerprint density at radius 1 is 1.11 bits per heavy atom. The third-order valence-corrected chi connectivity index (χ3v) is 6.87. The Hall–Kier alpha value is -3.84. The van der Waals surface area contributed by atoms with Gasteiger partial charge in [-0.15, -0.1) is 0 Å². The Balaban J connectivity index is 1.95. The largest absolute Gasteiger partial charge is 0.545 e. The van der Waals surface area contributed by atoms with Gasteiger partial charge in [-0.2, -0.15) is 4.72 Å². The number of hydrogen-bond donors (Lipinski definition) is 2. The van der Waals surface area contributed by atoms with Gasteiger partial charge in [-0.3, -0.25) is 9.36 Å². The number of fused-ring (bicyclic) bond motifs is 1. The zero-order valence-corrected chi connectivity index (χ0v) is 21.1. The molecule has 1 amide bonds. The van der Waals surface area contributed by atoms with Crippen molar-refractivity contribution in [1.29, 1.82) is 0 Å². The number of hydrogen-bond acceptors (Lipinski definition) is 9. The summed E-state index contributed by atoms with van der Waals surface area (Å²) in [6.45, 7) is 3.59. The summed E-state index contributed by atoms with van der Waals surface area (Å²) in [5, 5.41) is 14.1. The van der Waals surface area contributed by atoms with Crippen molar-refractivity contribution in [3.63, 3.8) is 0 Å². The van der Waals surface area contributed by atoms with E-state index >= 15 is 0 Å². The molecule has 1 heterocycles. The van der Waals surface area contributed by atoms with E-state index in [-0.39, 0.29) is 45.6 Å². The van der Waals surface area contributed by atoms with E-state index < -0.39 is 33.7 Å². The Morgan fingerprint density at radius 3 is 2.33 bits per heavy atom. The molecular formula is C23H26N3O9S-. The first-order valence-electron chi connectivity index (χ1n) is 10.8. The number of anilines is 1. The minimum Gasteiger partial charge on any atom is -0.545 e. The maximum atomic E-state index is 13.2. The molecule has 2 aromatic carbocycles. The van der Waals surface area contributed by atoms with Crippen LogP contribution in [0.3, 0.4) is 0 Å². The van der Waals surface area contributed by atoms with E-state index in [4.69, 9.17) is 13.9 Å². The van der Waals surface area contributed by atoms with Crippen molar-refractivity contribution in [2.24, 2.45) is 13.0 Å². The molecule has 36 heavy (non-hydrogen) atoms. The highest BCUT2D eigenvalue weighted by atomic mass is 32.2. The number of amides is 1. The number of carboxylic acids is 1. The quantitative estimate of drug-likeness (QED) is 0.393. The van der Waals surface area contributed by atoms with Gasteiger partial charge < -0.3 is 29.1 Å². The molecule has 1 atom stereocenters. The Bertz CT molecular complexity index is 1470. The maximum absolute atomic E-state index is 13.2. The number of nitrogens with zero attached hydrogens (tertiary/aromatic N) is 1. The first-order chi connectivity index (χ1) is 16.9. The highest BCUT2D eigenvalue weighted by Crippen LogP contribution is 2.33. The van der Waals surface area contributed by atoms with Crippen molar-refractivity contribution in [2.75, 3.05) is 19.5 Å². The molecule has 12 nitrogen and oxygen atoms in total. The zero-order chi connectivity index (χ0) is 26.8. The lowest BCUT2D eigenvalue weighted by Gasteiger charge is -2.22. The van der Waals surface area contributed by atoms with E-state index in [2.05, 4.69) is 10.0 Å². The van der Waals surface area contributed by atoms with Crippen LogP contribution in [0.25, 0.3) is 11.1 Å². The number of rotatable bonds is 10. The smallest absolute Gasteiger partial charge is 0.419 e. The molecule has 3 rings (SSSR count). The second-order valence-electron chi connectivity index (χ2n) is 8.39. The number of ether oxygens (including phenoxy) is 2. The SMILES string of the molecule is COc1cc(NC(=O)C(CC(C)C)NS(=O)(=O)c2ccc3c(c2)oc(=O)n3C)c(C(=O)[O-])cc1OC. The van der Waals surface area contributed by atoms with Crippen LogP contribution in [0.1, 0.15) is 30.6 Å². The van der Waals surface area contributed by atoms with Gasteiger partial charge in [0.15, 0.2) is 17.1 Å². The molecule has 0 radical (unpaired) electrons. The van der Waals surface area contributed by atoms with Crippen LogP contribution >= 0.6 is 0 Å². The summed E-state index contributed by atoms with van der Waals surface area (Å²) in [6.07, 6.45) is 0.0989. The van der Waals surface area contributed by atoms with Crippen molar-refractivity contribution in [1.82, 2.24) is 9.29 Å².